The molecule has 1 aliphatic rings. The number of rotatable bonds is 8. The topological polar surface area (TPSA) is 76.4 Å². The molecule has 0 spiro atoms. The molecule has 0 saturated heterocycles. The quantitative estimate of drug-likeness (QED) is 0.769. The molecule has 7 heteroatoms. The van der Waals surface area contributed by atoms with Crippen molar-refractivity contribution < 1.29 is 17.0 Å². The third-order valence-electron chi connectivity index (χ3n) is 2.84. The fourth-order valence-electron chi connectivity index (χ4n) is 1.60. The Balaban J connectivity index is 1.76. The summed E-state index contributed by atoms with van der Waals surface area (Å²) in [6, 6.07) is 4.30. The van der Waals surface area contributed by atoms with Crippen LogP contribution in [0.2, 0.25) is 0 Å². The summed E-state index contributed by atoms with van der Waals surface area (Å²) in [5.74, 6) is 1.88. The van der Waals surface area contributed by atoms with Crippen molar-refractivity contribution in [1.29, 1.82) is 0 Å². The van der Waals surface area contributed by atoms with E-state index in [1.165, 1.54) is 12.8 Å². The van der Waals surface area contributed by atoms with Crippen molar-refractivity contribution >= 4 is 20.6 Å². The van der Waals surface area contributed by atoms with Gasteiger partial charge in [-0.2, -0.15) is 0 Å². The standard InChI is InChI=1S/C12H19NO4S2/c1-19(15,16)7-6-18(14)9-12-5-4-11(17-12)8-13-10-2-3-10/h4-5,10,13H,2-3,6-9H2,1H3. The Morgan fingerprint density at radius 3 is 2.68 bits per heavy atom. The molecule has 1 atom stereocenters. The highest BCUT2D eigenvalue weighted by Crippen LogP contribution is 2.19. The van der Waals surface area contributed by atoms with E-state index in [0.717, 1.165) is 12.0 Å². The molecule has 1 N–H and O–H groups in total. The third-order valence-corrected chi connectivity index (χ3v) is 5.31. The Kier molecular flexibility index (Phi) is 4.81. The van der Waals surface area contributed by atoms with E-state index in [9.17, 15) is 12.6 Å². The van der Waals surface area contributed by atoms with Crippen LogP contribution in [-0.2, 0) is 32.9 Å². The van der Waals surface area contributed by atoms with Crippen molar-refractivity contribution in [2.45, 2.75) is 31.2 Å². The summed E-state index contributed by atoms with van der Waals surface area (Å²) in [6.45, 7) is 0.695. The van der Waals surface area contributed by atoms with Gasteiger partial charge in [-0.15, -0.1) is 0 Å². The summed E-state index contributed by atoms with van der Waals surface area (Å²) in [5, 5.41) is 3.34. The van der Waals surface area contributed by atoms with Crippen LogP contribution in [0.5, 0.6) is 0 Å². The van der Waals surface area contributed by atoms with Crippen LogP contribution < -0.4 is 5.32 Å². The van der Waals surface area contributed by atoms with Gasteiger partial charge >= 0.3 is 0 Å². The normalized spacial score (nSPS) is 17.5. The maximum Gasteiger partial charge on any atom is 0.148 e. The van der Waals surface area contributed by atoms with Gasteiger partial charge in [0.05, 0.1) is 18.1 Å². The van der Waals surface area contributed by atoms with Crippen LogP contribution in [0, 0.1) is 0 Å². The van der Waals surface area contributed by atoms with E-state index in [0.29, 0.717) is 18.3 Å². The van der Waals surface area contributed by atoms with E-state index in [1.54, 1.807) is 0 Å². The first-order valence-electron chi connectivity index (χ1n) is 6.26. The number of sulfone groups is 1. The number of nitrogens with one attached hydrogen (secondary N) is 1. The summed E-state index contributed by atoms with van der Waals surface area (Å²) in [6.07, 6.45) is 3.60. The molecule has 1 unspecified atom stereocenters. The highest BCUT2D eigenvalue weighted by molar-refractivity contribution is 7.92. The zero-order chi connectivity index (χ0) is 13.9. The molecule has 1 heterocycles. The fourth-order valence-corrected chi connectivity index (χ4v) is 4.17. The smallest absolute Gasteiger partial charge is 0.148 e. The van der Waals surface area contributed by atoms with Crippen molar-refractivity contribution in [1.82, 2.24) is 5.32 Å². The van der Waals surface area contributed by atoms with Crippen LogP contribution in [0.1, 0.15) is 24.4 Å². The van der Waals surface area contributed by atoms with Crippen LogP contribution >= 0.6 is 0 Å². The molecule has 5 nitrogen and oxygen atoms in total. The monoisotopic (exact) mass is 305 g/mol. The molecule has 108 valence electrons. The van der Waals surface area contributed by atoms with Gasteiger partial charge in [0.15, 0.2) is 0 Å². The number of hydrogen-bond acceptors (Lipinski definition) is 5. The summed E-state index contributed by atoms with van der Waals surface area (Å²) in [7, 11) is -4.25. The highest BCUT2D eigenvalue weighted by atomic mass is 32.2. The Bertz CT molecular complexity index is 546. The Morgan fingerprint density at radius 2 is 2.05 bits per heavy atom. The van der Waals surface area contributed by atoms with Crippen LogP contribution in [-0.4, -0.2) is 36.4 Å². The van der Waals surface area contributed by atoms with Gasteiger partial charge in [-0.05, 0) is 25.0 Å². The minimum atomic E-state index is -3.05. The van der Waals surface area contributed by atoms with Gasteiger partial charge in [0.25, 0.3) is 0 Å². The lowest BCUT2D eigenvalue weighted by atomic mass is 10.4. The van der Waals surface area contributed by atoms with E-state index in [1.807, 2.05) is 12.1 Å². The molecular weight excluding hydrogens is 286 g/mol. The van der Waals surface area contributed by atoms with Gasteiger partial charge in [-0.25, -0.2) is 8.42 Å². The lowest BCUT2D eigenvalue weighted by Gasteiger charge is -2.00. The van der Waals surface area contributed by atoms with Gasteiger partial charge in [-0.3, -0.25) is 4.21 Å². The Morgan fingerprint density at radius 1 is 1.37 bits per heavy atom. The SMILES string of the molecule is CS(=O)(=O)CCS(=O)Cc1ccc(CNC2CC2)o1. The predicted molar refractivity (Wildman–Crippen MR) is 75.0 cm³/mol. The molecule has 1 fully saturated rings. The van der Waals surface area contributed by atoms with Crippen LogP contribution in [0.15, 0.2) is 16.5 Å². The van der Waals surface area contributed by atoms with Crippen molar-refractivity contribution in [2.24, 2.45) is 0 Å². The van der Waals surface area contributed by atoms with E-state index in [4.69, 9.17) is 4.42 Å². The average molecular weight is 305 g/mol. The number of furan rings is 1. The van der Waals surface area contributed by atoms with Crippen molar-refractivity contribution in [3.8, 4) is 0 Å². The maximum atomic E-state index is 11.7. The molecule has 1 saturated carbocycles. The van der Waals surface area contributed by atoms with Crippen molar-refractivity contribution in [3.63, 3.8) is 0 Å². The molecule has 1 aromatic rings. The second-order valence-electron chi connectivity index (χ2n) is 4.94. The number of hydrogen-bond donors (Lipinski definition) is 1. The van der Waals surface area contributed by atoms with Gasteiger partial charge < -0.3 is 9.73 Å². The minimum Gasteiger partial charge on any atom is -0.464 e. The first-order chi connectivity index (χ1) is 8.92. The fraction of sp³-hybridized carbons (Fsp3) is 0.667. The predicted octanol–water partition coefficient (Wildman–Crippen LogP) is 0.825. The van der Waals surface area contributed by atoms with Crippen LogP contribution in [0.25, 0.3) is 0 Å². The van der Waals surface area contributed by atoms with Crippen LogP contribution in [0.4, 0.5) is 0 Å². The van der Waals surface area contributed by atoms with E-state index >= 15 is 0 Å². The second kappa shape index (κ2) is 6.19. The Hall–Kier alpha value is -0.660. The summed E-state index contributed by atoms with van der Waals surface area (Å²) in [5.41, 5.74) is 0. The molecule has 0 radical (unpaired) electrons. The highest BCUT2D eigenvalue weighted by Gasteiger charge is 2.20. The van der Waals surface area contributed by atoms with E-state index in [2.05, 4.69) is 5.32 Å². The summed E-state index contributed by atoms with van der Waals surface area (Å²) < 4.78 is 39.2. The Labute approximate surface area is 116 Å². The average Bonchev–Trinajstić information content (AvgIpc) is 3.04. The third kappa shape index (κ3) is 5.88. The lowest BCUT2D eigenvalue weighted by Crippen LogP contribution is -2.14. The minimum absolute atomic E-state index is 0.0452. The van der Waals surface area contributed by atoms with E-state index < -0.39 is 20.6 Å². The molecule has 2 rings (SSSR count). The molecule has 19 heavy (non-hydrogen) atoms. The first kappa shape index (κ1) is 14.7. The molecule has 1 aliphatic carbocycles. The molecular formula is C12H19NO4S2. The van der Waals surface area contributed by atoms with Gasteiger partial charge in [0.1, 0.15) is 21.4 Å². The lowest BCUT2D eigenvalue weighted by molar-refractivity contribution is 0.457. The maximum absolute atomic E-state index is 11.7. The zero-order valence-electron chi connectivity index (χ0n) is 10.9. The van der Waals surface area contributed by atoms with Crippen molar-refractivity contribution in [3.05, 3.63) is 23.7 Å². The van der Waals surface area contributed by atoms with E-state index in [-0.39, 0.29) is 17.3 Å². The summed E-state index contributed by atoms with van der Waals surface area (Å²) >= 11 is 0. The molecule has 0 bridgehead atoms. The molecule has 1 aromatic heterocycles. The largest absolute Gasteiger partial charge is 0.464 e. The zero-order valence-corrected chi connectivity index (χ0v) is 12.6. The molecule has 0 amide bonds. The van der Waals surface area contributed by atoms with Gasteiger partial charge in [0.2, 0.25) is 0 Å². The molecule has 0 aromatic carbocycles. The second-order valence-corrected chi connectivity index (χ2v) is 8.78. The molecule has 0 aliphatic heterocycles. The van der Waals surface area contributed by atoms with Gasteiger partial charge in [-0.1, -0.05) is 0 Å². The van der Waals surface area contributed by atoms with Gasteiger partial charge in [0, 0.05) is 28.9 Å². The first-order valence-corrected chi connectivity index (χ1v) is 9.81. The summed E-state index contributed by atoms with van der Waals surface area (Å²) in [4.78, 5) is 0. The van der Waals surface area contributed by atoms with Crippen LogP contribution in [0.3, 0.4) is 0 Å². The van der Waals surface area contributed by atoms with Crippen molar-refractivity contribution in [2.75, 3.05) is 17.8 Å².